The first-order valence-electron chi connectivity index (χ1n) is 4.50. The van der Waals surface area contributed by atoms with Gasteiger partial charge in [0.05, 0.1) is 13.5 Å². The number of halogens is 2. The number of pyridine rings is 1. The lowest BCUT2D eigenvalue weighted by molar-refractivity contribution is -0.139. The first-order chi connectivity index (χ1) is 7.99. The van der Waals surface area contributed by atoms with Crippen LogP contribution in [0, 0.1) is 11.3 Å². The Morgan fingerprint density at radius 1 is 1.65 bits per heavy atom. The van der Waals surface area contributed by atoms with E-state index in [1.807, 2.05) is 0 Å². The molecule has 0 saturated carbocycles. The predicted octanol–water partition coefficient (Wildman–Crippen LogP) is 0.900. The van der Waals surface area contributed by atoms with Crippen LogP contribution in [0.25, 0.3) is 0 Å². The predicted molar refractivity (Wildman–Crippen MR) is 52.5 cm³/mol. The van der Waals surface area contributed by atoms with Crippen LogP contribution in [0.15, 0.2) is 10.9 Å². The highest BCUT2D eigenvalue weighted by atomic mass is 19.3. The molecule has 90 valence electrons. The maximum atomic E-state index is 12.6. The van der Waals surface area contributed by atoms with Crippen molar-refractivity contribution >= 4 is 5.97 Å². The van der Waals surface area contributed by atoms with E-state index in [2.05, 4.69) is 9.72 Å². The number of H-pyrrole nitrogens is 1. The molecule has 1 aromatic rings. The highest BCUT2D eigenvalue weighted by Gasteiger charge is 2.18. The summed E-state index contributed by atoms with van der Waals surface area (Å²) in [7, 11) is 1.10. The van der Waals surface area contributed by atoms with Gasteiger partial charge in [-0.15, -0.1) is 0 Å². The van der Waals surface area contributed by atoms with Crippen molar-refractivity contribution in [1.82, 2.24) is 4.98 Å². The van der Waals surface area contributed by atoms with Gasteiger partial charge in [-0.05, 0) is 6.07 Å². The Balaban J connectivity index is 3.29. The molecule has 7 heteroatoms. The fourth-order valence-corrected chi connectivity index (χ4v) is 1.23. The van der Waals surface area contributed by atoms with Gasteiger partial charge >= 0.3 is 5.97 Å². The molecule has 0 amide bonds. The van der Waals surface area contributed by atoms with Crippen molar-refractivity contribution in [3.63, 3.8) is 0 Å². The molecule has 0 fully saturated rings. The Hall–Kier alpha value is -2.23. The van der Waals surface area contributed by atoms with Crippen molar-refractivity contribution in [2.24, 2.45) is 0 Å². The maximum Gasteiger partial charge on any atom is 0.311 e. The maximum absolute atomic E-state index is 12.6. The average Bonchev–Trinajstić information content (AvgIpc) is 2.28. The molecule has 0 aliphatic rings. The molecule has 5 nitrogen and oxygen atoms in total. The zero-order valence-corrected chi connectivity index (χ0v) is 8.79. The number of methoxy groups -OCH3 is 1. The van der Waals surface area contributed by atoms with Gasteiger partial charge < -0.3 is 9.72 Å². The monoisotopic (exact) mass is 242 g/mol. The molecule has 1 rings (SSSR count). The highest BCUT2D eigenvalue weighted by Crippen LogP contribution is 2.21. The quantitative estimate of drug-likeness (QED) is 0.798. The molecule has 1 N–H and O–H groups in total. The fraction of sp³-hybridized carbons (Fsp3) is 0.300. The second-order valence-corrected chi connectivity index (χ2v) is 3.11. The Bertz CT molecular complexity index is 531. The Morgan fingerprint density at radius 2 is 2.29 bits per heavy atom. The van der Waals surface area contributed by atoms with E-state index >= 15 is 0 Å². The van der Waals surface area contributed by atoms with E-state index in [-0.39, 0.29) is 5.69 Å². The lowest BCUT2D eigenvalue weighted by Gasteiger charge is -2.07. The van der Waals surface area contributed by atoms with Gasteiger partial charge in [0.15, 0.2) is 0 Å². The van der Waals surface area contributed by atoms with Crippen molar-refractivity contribution in [3.8, 4) is 6.07 Å². The third-order valence-electron chi connectivity index (χ3n) is 2.06. The van der Waals surface area contributed by atoms with Crippen LogP contribution in [0.1, 0.15) is 23.2 Å². The van der Waals surface area contributed by atoms with Crippen molar-refractivity contribution < 1.29 is 18.3 Å². The van der Waals surface area contributed by atoms with E-state index in [4.69, 9.17) is 5.26 Å². The first-order valence-corrected chi connectivity index (χ1v) is 4.50. The number of hydrogen-bond acceptors (Lipinski definition) is 4. The third-order valence-corrected chi connectivity index (χ3v) is 2.06. The summed E-state index contributed by atoms with van der Waals surface area (Å²) >= 11 is 0. The van der Waals surface area contributed by atoms with E-state index in [0.29, 0.717) is 0 Å². The average molecular weight is 242 g/mol. The molecule has 17 heavy (non-hydrogen) atoms. The van der Waals surface area contributed by atoms with Crippen LogP contribution in [0.2, 0.25) is 0 Å². The molecule has 0 unspecified atom stereocenters. The van der Waals surface area contributed by atoms with Crippen molar-refractivity contribution in [3.05, 3.63) is 33.2 Å². The summed E-state index contributed by atoms with van der Waals surface area (Å²) < 4.78 is 29.6. The molecule has 0 spiro atoms. The van der Waals surface area contributed by atoms with Crippen LogP contribution < -0.4 is 5.56 Å². The molecule has 0 radical (unpaired) electrons. The number of nitrogens with one attached hydrogen (secondary N) is 1. The van der Waals surface area contributed by atoms with Gasteiger partial charge in [-0.3, -0.25) is 9.59 Å². The Kier molecular flexibility index (Phi) is 3.93. The number of aromatic nitrogens is 1. The number of aromatic amines is 1. The second kappa shape index (κ2) is 5.21. The van der Waals surface area contributed by atoms with Crippen LogP contribution in [0.5, 0.6) is 0 Å². The van der Waals surface area contributed by atoms with Gasteiger partial charge in [0.25, 0.3) is 12.0 Å². The Morgan fingerprint density at radius 3 is 2.76 bits per heavy atom. The van der Waals surface area contributed by atoms with Crippen LogP contribution in [0.4, 0.5) is 8.78 Å². The topological polar surface area (TPSA) is 83.0 Å². The number of esters is 1. The van der Waals surface area contributed by atoms with Gasteiger partial charge in [-0.2, -0.15) is 5.26 Å². The Labute approximate surface area is 94.6 Å². The van der Waals surface area contributed by atoms with Gasteiger partial charge in [-0.25, -0.2) is 8.78 Å². The molecule has 0 atom stereocenters. The summed E-state index contributed by atoms with van der Waals surface area (Å²) in [5.41, 5.74) is -2.02. The molecule has 0 aromatic carbocycles. The smallest absolute Gasteiger partial charge is 0.311 e. The minimum atomic E-state index is -2.89. The minimum Gasteiger partial charge on any atom is -0.469 e. The molecule has 0 saturated heterocycles. The SMILES string of the molecule is COC(=O)Cc1[nH]c(=O)c(C#N)cc1C(F)F. The number of alkyl halides is 2. The zero-order valence-electron chi connectivity index (χ0n) is 8.79. The molecular formula is C10H8F2N2O3. The van der Waals surface area contributed by atoms with E-state index in [1.165, 1.54) is 6.07 Å². The summed E-state index contributed by atoms with van der Waals surface area (Å²) in [5.74, 6) is -0.757. The third kappa shape index (κ3) is 2.87. The second-order valence-electron chi connectivity index (χ2n) is 3.11. The van der Waals surface area contributed by atoms with Crippen molar-refractivity contribution in [2.75, 3.05) is 7.11 Å². The van der Waals surface area contributed by atoms with Gasteiger partial charge in [0, 0.05) is 11.3 Å². The fourth-order valence-electron chi connectivity index (χ4n) is 1.23. The van der Waals surface area contributed by atoms with E-state index in [1.54, 1.807) is 0 Å². The summed E-state index contributed by atoms with van der Waals surface area (Å²) in [4.78, 5) is 24.3. The number of carbonyl (C=O) groups excluding carboxylic acids is 1. The van der Waals surface area contributed by atoms with E-state index < -0.39 is 35.5 Å². The minimum absolute atomic E-state index is 0.240. The molecule has 0 bridgehead atoms. The van der Waals surface area contributed by atoms with E-state index in [9.17, 15) is 18.4 Å². The van der Waals surface area contributed by atoms with Gasteiger partial charge in [-0.1, -0.05) is 0 Å². The van der Waals surface area contributed by atoms with Gasteiger partial charge in [0.1, 0.15) is 11.6 Å². The van der Waals surface area contributed by atoms with Crippen LogP contribution in [-0.4, -0.2) is 18.1 Å². The lowest BCUT2D eigenvalue weighted by atomic mass is 10.1. The summed E-state index contributed by atoms with van der Waals surface area (Å²) in [6, 6.07) is 2.27. The van der Waals surface area contributed by atoms with E-state index in [0.717, 1.165) is 13.2 Å². The normalized spacial score (nSPS) is 10.1. The van der Waals surface area contributed by atoms with Crippen LogP contribution in [-0.2, 0) is 16.0 Å². The molecular weight excluding hydrogens is 234 g/mol. The van der Waals surface area contributed by atoms with Gasteiger partial charge in [0.2, 0.25) is 0 Å². The standard InChI is InChI=1S/C10H8F2N2O3/c1-17-8(15)3-7-6(9(11)12)2-5(4-13)10(16)14-7/h2,9H,3H2,1H3,(H,14,16). The zero-order chi connectivity index (χ0) is 13.0. The number of hydrogen-bond donors (Lipinski definition) is 1. The number of carbonyl (C=O) groups is 1. The number of rotatable bonds is 3. The lowest BCUT2D eigenvalue weighted by Crippen LogP contribution is -2.18. The van der Waals surface area contributed by atoms with Crippen LogP contribution in [0.3, 0.4) is 0 Å². The largest absolute Gasteiger partial charge is 0.469 e. The molecule has 1 aromatic heterocycles. The van der Waals surface area contributed by atoms with Crippen LogP contribution >= 0.6 is 0 Å². The highest BCUT2D eigenvalue weighted by molar-refractivity contribution is 5.72. The summed E-state index contributed by atoms with van der Waals surface area (Å²) in [5, 5.41) is 8.54. The van der Waals surface area contributed by atoms with Crippen molar-refractivity contribution in [2.45, 2.75) is 12.8 Å². The molecule has 0 aliphatic heterocycles. The summed E-state index contributed by atoms with van der Waals surface area (Å²) in [6.45, 7) is 0. The van der Waals surface area contributed by atoms with Crippen molar-refractivity contribution in [1.29, 1.82) is 5.26 Å². The number of ether oxygens (including phenoxy) is 1. The molecule has 1 heterocycles. The summed E-state index contributed by atoms with van der Waals surface area (Å²) in [6.07, 6.45) is -3.37. The number of nitriles is 1. The molecule has 0 aliphatic carbocycles. The first kappa shape index (κ1) is 12.8. The number of nitrogens with zero attached hydrogens (tertiary/aromatic N) is 1.